The van der Waals surface area contributed by atoms with Crippen molar-refractivity contribution in [3.63, 3.8) is 0 Å². The lowest BCUT2D eigenvalue weighted by Gasteiger charge is -2.38. The average Bonchev–Trinajstić information content (AvgIpc) is 3.44. The monoisotopic (exact) mass is 491 g/mol. The number of halogens is 2. The molecule has 3 aromatic rings. The summed E-state index contributed by atoms with van der Waals surface area (Å²) in [6, 6.07) is 12.0. The topological polar surface area (TPSA) is 75.3 Å². The molecule has 3 heterocycles. The van der Waals surface area contributed by atoms with Crippen molar-refractivity contribution >= 4 is 34.4 Å². The number of carbonyl (C=O) groups is 2. The summed E-state index contributed by atoms with van der Waals surface area (Å²) >= 11 is 6.28. The third-order valence-corrected chi connectivity index (χ3v) is 8.07. The molecule has 3 aliphatic rings. The number of carbonyl (C=O) groups excluding carboxylic acids is 2. The Morgan fingerprint density at radius 1 is 1.14 bits per heavy atom. The fourth-order valence-corrected chi connectivity index (χ4v) is 5.81. The van der Waals surface area contributed by atoms with Crippen molar-refractivity contribution in [2.24, 2.45) is 5.41 Å². The van der Waals surface area contributed by atoms with E-state index in [1.807, 2.05) is 18.3 Å². The number of aromatic nitrogens is 1. The molecule has 1 saturated carbocycles. The van der Waals surface area contributed by atoms with Gasteiger partial charge in [-0.15, -0.1) is 0 Å². The van der Waals surface area contributed by atoms with E-state index in [9.17, 15) is 19.2 Å². The Labute approximate surface area is 206 Å². The van der Waals surface area contributed by atoms with E-state index in [2.05, 4.69) is 10.6 Å². The molecule has 0 radical (unpaired) electrons. The minimum Gasteiger partial charge on any atom is -0.450 e. The van der Waals surface area contributed by atoms with Crippen LogP contribution in [0.4, 0.5) is 4.39 Å². The van der Waals surface area contributed by atoms with E-state index in [1.165, 1.54) is 12.1 Å². The Bertz CT molecular complexity index is 1430. The number of rotatable bonds is 4. The van der Waals surface area contributed by atoms with E-state index in [0.29, 0.717) is 55.0 Å². The van der Waals surface area contributed by atoms with Gasteiger partial charge in [-0.3, -0.25) is 4.79 Å². The lowest BCUT2D eigenvalue weighted by molar-refractivity contribution is -0.0389. The van der Waals surface area contributed by atoms with Crippen LogP contribution in [0, 0.1) is 22.6 Å². The molecular weight excluding hydrogens is 469 g/mol. The Balaban J connectivity index is 1.27. The second-order valence-corrected chi connectivity index (χ2v) is 10.5. The highest BCUT2D eigenvalue weighted by atomic mass is 35.5. The van der Waals surface area contributed by atoms with Crippen LogP contribution in [0.25, 0.3) is 10.9 Å². The molecule has 1 saturated heterocycles. The van der Waals surface area contributed by atoms with Crippen LogP contribution in [0.3, 0.4) is 0 Å². The van der Waals surface area contributed by atoms with Gasteiger partial charge in [0, 0.05) is 66.5 Å². The number of esters is 1. The molecule has 6 rings (SSSR count). The smallest absolute Gasteiger partial charge is 0.339 e. The molecule has 2 aromatic carbocycles. The molecule has 178 valence electrons. The zero-order valence-electron chi connectivity index (χ0n) is 19.0. The van der Waals surface area contributed by atoms with Gasteiger partial charge in [-0.1, -0.05) is 23.7 Å². The molecule has 0 atom stereocenters. The van der Waals surface area contributed by atoms with E-state index in [1.54, 1.807) is 17.0 Å². The van der Waals surface area contributed by atoms with Crippen LogP contribution in [0.2, 0.25) is 5.02 Å². The van der Waals surface area contributed by atoms with Crippen LogP contribution >= 0.6 is 11.6 Å². The maximum Gasteiger partial charge on any atom is 0.339 e. The molecule has 8 heteroatoms. The van der Waals surface area contributed by atoms with Gasteiger partial charge >= 0.3 is 5.97 Å². The van der Waals surface area contributed by atoms with Gasteiger partial charge in [0.05, 0.1) is 22.7 Å². The number of likely N-dealkylation sites (tertiary alicyclic amines) is 1. The Hall–Kier alpha value is -3.37. The van der Waals surface area contributed by atoms with E-state index in [-0.39, 0.29) is 16.9 Å². The second-order valence-electron chi connectivity index (χ2n) is 10.0. The van der Waals surface area contributed by atoms with Crippen molar-refractivity contribution in [1.82, 2.24) is 9.47 Å². The number of ether oxygens (including phenoxy) is 1. The summed E-state index contributed by atoms with van der Waals surface area (Å²) in [6.07, 6.45) is 5.30. The van der Waals surface area contributed by atoms with E-state index in [0.717, 1.165) is 23.7 Å². The SMILES string of the molecule is N#CCC1(Cn2cc(C(=O)N3CCC4(CC3)OC(=O)c3cc(F)ccc34)c3ccc(Cl)cc32)CC1. The van der Waals surface area contributed by atoms with Crippen molar-refractivity contribution in [2.75, 3.05) is 13.1 Å². The van der Waals surface area contributed by atoms with E-state index >= 15 is 0 Å². The molecule has 0 N–H and O–H groups in total. The molecule has 1 amide bonds. The molecule has 0 unspecified atom stereocenters. The first-order valence-electron chi connectivity index (χ1n) is 11.8. The summed E-state index contributed by atoms with van der Waals surface area (Å²) in [6.45, 7) is 1.51. The highest BCUT2D eigenvalue weighted by molar-refractivity contribution is 6.31. The third kappa shape index (κ3) is 3.59. The summed E-state index contributed by atoms with van der Waals surface area (Å²) in [4.78, 5) is 27.8. The van der Waals surface area contributed by atoms with Gasteiger partial charge in [0.15, 0.2) is 0 Å². The van der Waals surface area contributed by atoms with Gasteiger partial charge in [0.2, 0.25) is 0 Å². The van der Waals surface area contributed by atoms with Crippen molar-refractivity contribution in [2.45, 2.75) is 44.2 Å². The van der Waals surface area contributed by atoms with Gasteiger partial charge in [0.25, 0.3) is 5.91 Å². The van der Waals surface area contributed by atoms with Crippen LogP contribution in [0.5, 0.6) is 0 Å². The zero-order valence-corrected chi connectivity index (χ0v) is 19.8. The van der Waals surface area contributed by atoms with Crippen LogP contribution in [0.1, 0.15) is 58.4 Å². The summed E-state index contributed by atoms with van der Waals surface area (Å²) in [5.41, 5.74) is 1.63. The van der Waals surface area contributed by atoms with Crippen molar-refractivity contribution in [1.29, 1.82) is 5.26 Å². The predicted molar refractivity (Wildman–Crippen MR) is 127 cm³/mol. The second kappa shape index (κ2) is 7.82. The average molecular weight is 492 g/mol. The molecule has 1 spiro atoms. The molecule has 0 bridgehead atoms. The number of nitriles is 1. The van der Waals surface area contributed by atoms with Crippen LogP contribution in [0.15, 0.2) is 42.6 Å². The van der Waals surface area contributed by atoms with Crippen molar-refractivity contribution < 1.29 is 18.7 Å². The van der Waals surface area contributed by atoms with Crippen LogP contribution < -0.4 is 0 Å². The van der Waals surface area contributed by atoms with Gasteiger partial charge in [0.1, 0.15) is 11.4 Å². The molecular formula is C27H23ClFN3O3. The molecule has 35 heavy (non-hydrogen) atoms. The fourth-order valence-electron chi connectivity index (χ4n) is 5.65. The quantitative estimate of drug-likeness (QED) is 0.456. The van der Waals surface area contributed by atoms with E-state index < -0.39 is 17.4 Å². The van der Waals surface area contributed by atoms with Crippen LogP contribution in [-0.4, -0.2) is 34.4 Å². The number of hydrogen-bond acceptors (Lipinski definition) is 4. The first-order chi connectivity index (χ1) is 16.8. The van der Waals surface area contributed by atoms with E-state index in [4.69, 9.17) is 16.3 Å². The van der Waals surface area contributed by atoms with Gasteiger partial charge in [-0.2, -0.15) is 5.26 Å². The zero-order chi connectivity index (χ0) is 24.4. The van der Waals surface area contributed by atoms with Crippen molar-refractivity contribution in [3.05, 3.63) is 70.1 Å². The summed E-state index contributed by atoms with van der Waals surface area (Å²) in [7, 11) is 0. The maximum atomic E-state index is 13.7. The van der Waals surface area contributed by atoms with Crippen LogP contribution in [-0.2, 0) is 16.9 Å². The minimum absolute atomic E-state index is 0.0277. The number of hydrogen-bond donors (Lipinski definition) is 0. The number of piperidine rings is 1. The highest BCUT2D eigenvalue weighted by Gasteiger charge is 2.48. The summed E-state index contributed by atoms with van der Waals surface area (Å²) in [5, 5.41) is 10.7. The molecule has 2 fully saturated rings. The Kier molecular flexibility index (Phi) is 4.94. The number of benzene rings is 2. The first kappa shape index (κ1) is 22.1. The fraction of sp³-hybridized carbons (Fsp3) is 0.370. The largest absolute Gasteiger partial charge is 0.450 e. The Morgan fingerprint density at radius 3 is 2.63 bits per heavy atom. The third-order valence-electron chi connectivity index (χ3n) is 7.83. The van der Waals surface area contributed by atoms with Crippen molar-refractivity contribution in [3.8, 4) is 6.07 Å². The lowest BCUT2D eigenvalue weighted by Crippen LogP contribution is -2.45. The summed E-state index contributed by atoms with van der Waals surface area (Å²) < 4.78 is 21.5. The Morgan fingerprint density at radius 2 is 1.91 bits per heavy atom. The molecule has 2 aliphatic heterocycles. The maximum absolute atomic E-state index is 13.7. The number of amides is 1. The van der Waals surface area contributed by atoms with Gasteiger partial charge in [-0.05, 0) is 37.1 Å². The molecule has 6 nitrogen and oxygen atoms in total. The normalized spacial score (nSPS) is 19.5. The highest BCUT2D eigenvalue weighted by Crippen LogP contribution is 2.50. The lowest BCUT2D eigenvalue weighted by atomic mass is 9.83. The minimum atomic E-state index is -0.811. The number of nitrogens with zero attached hydrogens (tertiary/aromatic N) is 3. The van der Waals surface area contributed by atoms with Gasteiger partial charge in [-0.25, -0.2) is 9.18 Å². The molecule has 1 aliphatic carbocycles. The molecule has 1 aromatic heterocycles. The summed E-state index contributed by atoms with van der Waals surface area (Å²) in [5.74, 6) is -1.06. The van der Waals surface area contributed by atoms with Gasteiger partial charge < -0.3 is 14.2 Å². The first-order valence-corrected chi connectivity index (χ1v) is 12.2. The number of fused-ring (bicyclic) bond motifs is 3. The standard InChI is InChI=1S/C27H23ClFN3O3/c28-17-1-3-19-21(15-32(23(19)13-17)16-26(5-6-26)7-10-30)24(33)31-11-8-27(9-12-31)22-4-2-18(29)14-20(22)25(34)35-27/h1-4,13-15H,5-9,11-12,16H2. The predicted octanol–water partition coefficient (Wildman–Crippen LogP) is 5.43.